The third-order valence-electron chi connectivity index (χ3n) is 2.04. The minimum atomic E-state index is 0.408. The van der Waals surface area contributed by atoms with Gasteiger partial charge in [-0.1, -0.05) is 5.57 Å². The van der Waals surface area contributed by atoms with Crippen LogP contribution < -0.4 is 10.5 Å². The van der Waals surface area contributed by atoms with E-state index in [0.717, 1.165) is 23.3 Å². The van der Waals surface area contributed by atoms with Crippen molar-refractivity contribution in [1.82, 2.24) is 9.97 Å². The van der Waals surface area contributed by atoms with Crippen molar-refractivity contribution in [3.63, 3.8) is 0 Å². The summed E-state index contributed by atoms with van der Waals surface area (Å²) in [6.45, 7) is 8.68. The van der Waals surface area contributed by atoms with Crippen molar-refractivity contribution in [2.75, 3.05) is 6.61 Å². The van der Waals surface area contributed by atoms with Gasteiger partial charge in [-0.3, -0.25) is 0 Å². The summed E-state index contributed by atoms with van der Waals surface area (Å²) < 4.78 is 5.37. The maximum Gasteiger partial charge on any atom is 0.316 e. The highest BCUT2D eigenvalue weighted by Crippen LogP contribution is 2.08. The number of nitrogens with zero attached hydrogens (tertiary/aromatic N) is 2. The average Bonchev–Trinajstić information content (AvgIpc) is 2.17. The van der Waals surface area contributed by atoms with Crippen molar-refractivity contribution >= 4 is 0 Å². The van der Waals surface area contributed by atoms with Crippen LogP contribution in [-0.2, 0) is 6.54 Å². The molecule has 0 aliphatic rings. The topological polar surface area (TPSA) is 61.0 Å². The highest BCUT2D eigenvalue weighted by Gasteiger charge is 2.02. The van der Waals surface area contributed by atoms with E-state index in [2.05, 4.69) is 16.5 Å². The van der Waals surface area contributed by atoms with Crippen molar-refractivity contribution in [1.29, 1.82) is 0 Å². The molecule has 0 unspecified atom stereocenters. The van der Waals surface area contributed by atoms with Crippen LogP contribution in [0.15, 0.2) is 18.3 Å². The largest absolute Gasteiger partial charge is 0.463 e. The molecule has 0 radical (unpaired) electrons. The predicted molar refractivity (Wildman–Crippen MR) is 59.6 cm³/mol. The fourth-order valence-electron chi connectivity index (χ4n) is 1.06. The molecular weight excluding hydrogens is 190 g/mol. The molecule has 0 atom stereocenters. The number of aromatic nitrogens is 2. The number of hydrogen-bond acceptors (Lipinski definition) is 4. The van der Waals surface area contributed by atoms with Gasteiger partial charge in [0, 0.05) is 30.4 Å². The molecule has 4 heteroatoms. The molecule has 0 fully saturated rings. The van der Waals surface area contributed by atoms with Gasteiger partial charge in [-0.05, 0) is 13.8 Å². The van der Waals surface area contributed by atoms with Crippen LogP contribution in [0.25, 0.3) is 0 Å². The van der Waals surface area contributed by atoms with Gasteiger partial charge in [0.15, 0.2) is 0 Å². The van der Waals surface area contributed by atoms with E-state index in [9.17, 15) is 0 Å². The molecule has 1 aromatic rings. The van der Waals surface area contributed by atoms with Crippen LogP contribution in [0, 0.1) is 6.92 Å². The first kappa shape index (κ1) is 11.7. The lowest BCUT2D eigenvalue weighted by Crippen LogP contribution is -2.06. The fraction of sp³-hybridized carbons (Fsp3) is 0.455. The van der Waals surface area contributed by atoms with Crippen molar-refractivity contribution in [2.45, 2.75) is 26.8 Å². The average molecular weight is 207 g/mol. The third kappa shape index (κ3) is 3.67. The fourth-order valence-corrected chi connectivity index (χ4v) is 1.06. The Labute approximate surface area is 90.2 Å². The molecule has 0 aromatic carbocycles. The first-order chi connectivity index (χ1) is 7.13. The van der Waals surface area contributed by atoms with E-state index >= 15 is 0 Å². The van der Waals surface area contributed by atoms with Gasteiger partial charge in [-0.2, -0.15) is 0 Å². The molecule has 0 bridgehead atoms. The van der Waals surface area contributed by atoms with Crippen LogP contribution in [0.5, 0.6) is 6.01 Å². The number of ether oxygens (including phenoxy) is 1. The minimum Gasteiger partial charge on any atom is -0.463 e. The van der Waals surface area contributed by atoms with Gasteiger partial charge in [-0.25, -0.2) is 9.97 Å². The second-order valence-corrected chi connectivity index (χ2v) is 3.52. The maximum absolute atomic E-state index is 5.51. The van der Waals surface area contributed by atoms with Crippen LogP contribution in [0.3, 0.4) is 0 Å². The number of rotatable bonds is 5. The highest BCUT2D eigenvalue weighted by atomic mass is 16.5. The Morgan fingerprint density at radius 2 is 2.33 bits per heavy atom. The molecule has 15 heavy (non-hydrogen) atoms. The summed E-state index contributed by atoms with van der Waals surface area (Å²) >= 11 is 0. The smallest absolute Gasteiger partial charge is 0.316 e. The predicted octanol–water partition coefficient (Wildman–Crippen LogP) is 1.59. The number of hydrogen-bond donors (Lipinski definition) is 1. The van der Waals surface area contributed by atoms with E-state index in [4.69, 9.17) is 10.5 Å². The van der Waals surface area contributed by atoms with Gasteiger partial charge >= 0.3 is 6.01 Å². The summed E-state index contributed by atoms with van der Waals surface area (Å²) in [4.78, 5) is 8.26. The quantitative estimate of drug-likeness (QED) is 0.745. The zero-order chi connectivity index (χ0) is 11.3. The first-order valence-electron chi connectivity index (χ1n) is 4.93. The minimum absolute atomic E-state index is 0.408. The Hall–Kier alpha value is -1.42. The molecular formula is C11H17N3O. The molecule has 0 spiro atoms. The Morgan fingerprint density at radius 3 is 2.87 bits per heavy atom. The number of aryl methyl sites for hydroxylation is 1. The lowest BCUT2D eigenvalue weighted by atomic mass is 10.2. The van der Waals surface area contributed by atoms with Gasteiger partial charge in [-0.15, -0.1) is 6.58 Å². The lowest BCUT2D eigenvalue weighted by molar-refractivity contribution is 0.295. The summed E-state index contributed by atoms with van der Waals surface area (Å²) in [7, 11) is 0. The SMILES string of the molecule is C=C(C)CCOc1ncc(CN)c(C)n1. The van der Waals surface area contributed by atoms with Crippen LogP contribution in [0.4, 0.5) is 0 Å². The van der Waals surface area contributed by atoms with Crippen molar-refractivity contribution < 1.29 is 4.74 Å². The third-order valence-corrected chi connectivity index (χ3v) is 2.04. The van der Waals surface area contributed by atoms with Gasteiger partial charge < -0.3 is 10.5 Å². The van der Waals surface area contributed by atoms with E-state index in [1.165, 1.54) is 0 Å². The molecule has 82 valence electrons. The Bertz CT molecular complexity index is 350. The molecule has 1 heterocycles. The molecule has 4 nitrogen and oxygen atoms in total. The Kier molecular flexibility index (Phi) is 4.24. The van der Waals surface area contributed by atoms with Gasteiger partial charge in [0.2, 0.25) is 0 Å². The second-order valence-electron chi connectivity index (χ2n) is 3.52. The summed E-state index contributed by atoms with van der Waals surface area (Å²) in [6, 6.07) is 0.408. The lowest BCUT2D eigenvalue weighted by Gasteiger charge is -2.06. The Balaban J connectivity index is 2.55. The Morgan fingerprint density at radius 1 is 1.60 bits per heavy atom. The van der Waals surface area contributed by atoms with Gasteiger partial charge in [0.25, 0.3) is 0 Å². The summed E-state index contributed by atoms with van der Waals surface area (Å²) in [5.41, 5.74) is 8.42. The van der Waals surface area contributed by atoms with Crippen molar-refractivity contribution in [3.05, 3.63) is 29.6 Å². The van der Waals surface area contributed by atoms with E-state index < -0.39 is 0 Å². The van der Waals surface area contributed by atoms with E-state index in [0.29, 0.717) is 19.2 Å². The molecule has 1 rings (SSSR count). The normalized spacial score (nSPS) is 10.1. The molecule has 0 saturated heterocycles. The summed E-state index contributed by atoms with van der Waals surface area (Å²) in [5.74, 6) is 0. The number of nitrogens with two attached hydrogens (primary N) is 1. The van der Waals surface area contributed by atoms with Crippen molar-refractivity contribution in [3.8, 4) is 6.01 Å². The molecule has 2 N–H and O–H groups in total. The standard InChI is InChI=1S/C11H17N3O/c1-8(2)4-5-15-11-13-7-10(6-12)9(3)14-11/h7H,1,4-6,12H2,2-3H3. The van der Waals surface area contributed by atoms with Gasteiger partial charge in [0.05, 0.1) is 6.61 Å². The first-order valence-corrected chi connectivity index (χ1v) is 4.93. The molecule has 1 aromatic heterocycles. The van der Waals surface area contributed by atoms with Crippen LogP contribution >= 0.6 is 0 Å². The van der Waals surface area contributed by atoms with Crippen LogP contribution in [0.1, 0.15) is 24.6 Å². The zero-order valence-electron chi connectivity index (χ0n) is 9.29. The molecule has 0 aliphatic heterocycles. The molecule has 0 aliphatic carbocycles. The second kappa shape index (κ2) is 5.46. The highest BCUT2D eigenvalue weighted by molar-refractivity contribution is 5.17. The van der Waals surface area contributed by atoms with E-state index in [1.54, 1.807) is 6.20 Å². The van der Waals surface area contributed by atoms with Crippen LogP contribution in [0.2, 0.25) is 0 Å². The van der Waals surface area contributed by atoms with Gasteiger partial charge in [0.1, 0.15) is 0 Å². The molecule has 0 saturated carbocycles. The molecule has 0 amide bonds. The monoisotopic (exact) mass is 207 g/mol. The van der Waals surface area contributed by atoms with Crippen molar-refractivity contribution in [2.24, 2.45) is 5.73 Å². The summed E-state index contributed by atoms with van der Waals surface area (Å²) in [6.07, 6.45) is 2.53. The summed E-state index contributed by atoms with van der Waals surface area (Å²) in [5, 5.41) is 0. The van der Waals surface area contributed by atoms with E-state index in [-0.39, 0.29) is 0 Å². The van der Waals surface area contributed by atoms with Crippen LogP contribution in [-0.4, -0.2) is 16.6 Å². The maximum atomic E-state index is 5.51. The van der Waals surface area contributed by atoms with E-state index in [1.807, 2.05) is 13.8 Å². The zero-order valence-corrected chi connectivity index (χ0v) is 9.29.